The molecule has 1 aliphatic rings. The fourth-order valence-electron chi connectivity index (χ4n) is 3.33. The molecule has 1 amide bonds. The Kier molecular flexibility index (Phi) is 6.15. The maximum Gasteiger partial charge on any atom is 0.246 e. The van der Waals surface area contributed by atoms with Crippen molar-refractivity contribution in [1.82, 2.24) is 4.90 Å². The van der Waals surface area contributed by atoms with E-state index in [0.29, 0.717) is 10.7 Å². The SMILES string of the molecule is C[C@@H](C(=O)N(C)C1CCCCC1)N(c1ccc(Cl)cc1)S(C)(=O)=O. The minimum absolute atomic E-state index is 0.178. The predicted octanol–water partition coefficient (Wildman–Crippen LogP) is 3.29. The molecule has 1 saturated carbocycles. The molecular formula is C17H25ClN2O3S. The number of hydrogen-bond acceptors (Lipinski definition) is 3. The summed E-state index contributed by atoms with van der Waals surface area (Å²) in [4.78, 5) is 14.6. The number of sulfonamides is 1. The molecule has 0 saturated heterocycles. The maximum atomic E-state index is 12.9. The Bertz CT molecular complexity index is 670. The van der Waals surface area contributed by atoms with Crippen LogP contribution in [0, 0.1) is 0 Å². The summed E-state index contributed by atoms with van der Waals surface area (Å²) in [5.74, 6) is -0.178. The number of likely N-dealkylation sites (N-methyl/N-ethyl adjacent to an activating group) is 1. The third-order valence-corrected chi connectivity index (χ3v) is 6.11. The molecule has 0 radical (unpaired) electrons. The van der Waals surface area contributed by atoms with Crippen LogP contribution in [-0.2, 0) is 14.8 Å². The van der Waals surface area contributed by atoms with Crippen molar-refractivity contribution in [2.45, 2.75) is 51.1 Å². The molecule has 0 heterocycles. The van der Waals surface area contributed by atoms with Gasteiger partial charge in [-0.3, -0.25) is 9.10 Å². The minimum atomic E-state index is -3.60. The summed E-state index contributed by atoms with van der Waals surface area (Å²) in [6, 6.07) is 5.88. The molecule has 0 spiro atoms. The van der Waals surface area contributed by atoms with Crippen LogP contribution >= 0.6 is 11.6 Å². The lowest BCUT2D eigenvalue weighted by Crippen LogP contribution is -2.51. The standard InChI is InChI=1S/C17H25ClN2O3S/c1-13(17(21)19(2)15-7-5-4-6-8-15)20(24(3,22)23)16-11-9-14(18)10-12-16/h9-13,15H,4-8H2,1-3H3/t13-/m0/s1. The normalized spacial score (nSPS) is 17.3. The van der Waals surface area contributed by atoms with Gasteiger partial charge in [-0.15, -0.1) is 0 Å². The van der Waals surface area contributed by atoms with Crippen LogP contribution in [-0.4, -0.2) is 44.6 Å². The van der Waals surface area contributed by atoms with Crippen molar-refractivity contribution in [3.05, 3.63) is 29.3 Å². The highest BCUT2D eigenvalue weighted by molar-refractivity contribution is 7.92. The van der Waals surface area contributed by atoms with Crippen molar-refractivity contribution in [1.29, 1.82) is 0 Å². The Morgan fingerprint density at radius 1 is 1.17 bits per heavy atom. The van der Waals surface area contributed by atoms with Crippen molar-refractivity contribution in [2.24, 2.45) is 0 Å². The Labute approximate surface area is 149 Å². The third kappa shape index (κ3) is 4.42. The second-order valence-corrected chi connectivity index (χ2v) is 8.75. The largest absolute Gasteiger partial charge is 0.341 e. The molecule has 0 unspecified atom stereocenters. The van der Waals surface area contributed by atoms with E-state index in [-0.39, 0.29) is 11.9 Å². The molecule has 0 aliphatic heterocycles. The zero-order valence-electron chi connectivity index (χ0n) is 14.4. The van der Waals surface area contributed by atoms with Crippen LogP contribution in [0.15, 0.2) is 24.3 Å². The van der Waals surface area contributed by atoms with Gasteiger partial charge in [-0.2, -0.15) is 0 Å². The predicted molar refractivity (Wildman–Crippen MR) is 97.9 cm³/mol. The van der Waals surface area contributed by atoms with Crippen LogP contribution in [0.1, 0.15) is 39.0 Å². The van der Waals surface area contributed by atoms with E-state index in [1.54, 1.807) is 43.1 Å². The summed E-state index contributed by atoms with van der Waals surface area (Å²) in [6.07, 6.45) is 6.51. The minimum Gasteiger partial charge on any atom is -0.341 e. The van der Waals surface area contributed by atoms with Crippen molar-refractivity contribution in [2.75, 3.05) is 17.6 Å². The van der Waals surface area contributed by atoms with E-state index < -0.39 is 16.1 Å². The van der Waals surface area contributed by atoms with Crippen LogP contribution < -0.4 is 4.31 Å². The fraction of sp³-hybridized carbons (Fsp3) is 0.588. The summed E-state index contributed by atoms with van der Waals surface area (Å²) in [5, 5.41) is 0.519. The number of hydrogen-bond donors (Lipinski definition) is 0. The Hall–Kier alpha value is -1.27. The molecule has 1 atom stereocenters. The third-order valence-electron chi connectivity index (χ3n) is 4.62. The highest BCUT2D eigenvalue weighted by atomic mass is 35.5. The van der Waals surface area contributed by atoms with Crippen molar-refractivity contribution in [3.63, 3.8) is 0 Å². The van der Waals surface area contributed by atoms with Gasteiger partial charge in [0.15, 0.2) is 0 Å². The first-order valence-corrected chi connectivity index (χ1v) is 10.5. The van der Waals surface area contributed by atoms with E-state index in [0.717, 1.165) is 31.9 Å². The van der Waals surface area contributed by atoms with E-state index in [1.165, 1.54) is 10.7 Å². The first-order valence-electron chi connectivity index (χ1n) is 8.23. The van der Waals surface area contributed by atoms with Gasteiger partial charge in [0, 0.05) is 18.1 Å². The second kappa shape index (κ2) is 7.74. The number of anilines is 1. The highest BCUT2D eigenvalue weighted by Crippen LogP contribution is 2.26. The Morgan fingerprint density at radius 2 is 1.71 bits per heavy atom. The summed E-state index contributed by atoms with van der Waals surface area (Å²) < 4.78 is 25.7. The van der Waals surface area contributed by atoms with Crippen molar-refractivity contribution in [3.8, 4) is 0 Å². The van der Waals surface area contributed by atoms with Gasteiger partial charge in [-0.05, 0) is 44.0 Å². The molecule has 0 N–H and O–H groups in total. The first kappa shape index (κ1) is 19.1. The van der Waals surface area contributed by atoms with Gasteiger partial charge in [0.25, 0.3) is 0 Å². The zero-order valence-corrected chi connectivity index (χ0v) is 16.0. The molecule has 2 rings (SSSR count). The van der Waals surface area contributed by atoms with E-state index >= 15 is 0 Å². The summed E-state index contributed by atoms with van der Waals surface area (Å²) in [6.45, 7) is 1.64. The fourth-order valence-corrected chi connectivity index (χ4v) is 4.63. The monoisotopic (exact) mass is 372 g/mol. The van der Waals surface area contributed by atoms with Gasteiger partial charge in [-0.25, -0.2) is 8.42 Å². The number of carbonyl (C=O) groups is 1. The average molecular weight is 373 g/mol. The Balaban J connectivity index is 2.25. The number of carbonyl (C=O) groups excluding carboxylic acids is 1. The molecule has 134 valence electrons. The lowest BCUT2D eigenvalue weighted by Gasteiger charge is -2.36. The highest BCUT2D eigenvalue weighted by Gasteiger charge is 2.33. The van der Waals surface area contributed by atoms with Gasteiger partial charge in [0.05, 0.1) is 11.9 Å². The van der Waals surface area contributed by atoms with Crippen LogP contribution in [0.2, 0.25) is 5.02 Å². The van der Waals surface area contributed by atoms with Gasteiger partial charge in [0.2, 0.25) is 15.9 Å². The number of nitrogens with zero attached hydrogens (tertiary/aromatic N) is 2. The number of amides is 1. The topological polar surface area (TPSA) is 57.7 Å². The smallest absolute Gasteiger partial charge is 0.246 e. The molecular weight excluding hydrogens is 348 g/mol. The molecule has 1 fully saturated rings. The summed E-state index contributed by atoms with van der Waals surface area (Å²) in [7, 11) is -1.82. The number of rotatable bonds is 5. The second-order valence-electron chi connectivity index (χ2n) is 6.45. The molecule has 1 aliphatic carbocycles. The van der Waals surface area contributed by atoms with Crippen LogP contribution in [0.5, 0.6) is 0 Å². The lowest BCUT2D eigenvalue weighted by atomic mass is 9.94. The molecule has 24 heavy (non-hydrogen) atoms. The summed E-state index contributed by atoms with van der Waals surface area (Å²) >= 11 is 5.88. The maximum absolute atomic E-state index is 12.9. The quantitative estimate of drug-likeness (QED) is 0.796. The van der Waals surface area contributed by atoms with Gasteiger partial charge in [-0.1, -0.05) is 30.9 Å². The van der Waals surface area contributed by atoms with Crippen LogP contribution in [0.25, 0.3) is 0 Å². The van der Waals surface area contributed by atoms with Crippen molar-refractivity contribution < 1.29 is 13.2 Å². The molecule has 0 bridgehead atoms. The Morgan fingerprint density at radius 3 is 2.21 bits per heavy atom. The van der Waals surface area contributed by atoms with Gasteiger partial charge in [0.1, 0.15) is 6.04 Å². The zero-order chi connectivity index (χ0) is 17.9. The summed E-state index contributed by atoms with van der Waals surface area (Å²) in [5.41, 5.74) is 0.444. The first-order chi connectivity index (χ1) is 11.2. The molecule has 5 nitrogen and oxygen atoms in total. The number of benzene rings is 1. The van der Waals surface area contributed by atoms with E-state index in [1.807, 2.05) is 0 Å². The van der Waals surface area contributed by atoms with E-state index in [4.69, 9.17) is 11.6 Å². The van der Waals surface area contributed by atoms with E-state index in [9.17, 15) is 13.2 Å². The van der Waals surface area contributed by atoms with Crippen LogP contribution in [0.4, 0.5) is 5.69 Å². The van der Waals surface area contributed by atoms with Crippen molar-refractivity contribution >= 4 is 33.2 Å². The van der Waals surface area contributed by atoms with Gasteiger partial charge < -0.3 is 4.90 Å². The molecule has 7 heteroatoms. The van der Waals surface area contributed by atoms with Crippen LogP contribution in [0.3, 0.4) is 0 Å². The molecule has 1 aromatic rings. The van der Waals surface area contributed by atoms with Gasteiger partial charge >= 0.3 is 0 Å². The molecule has 1 aromatic carbocycles. The lowest BCUT2D eigenvalue weighted by molar-refractivity contribution is -0.133. The molecule has 0 aromatic heterocycles. The number of halogens is 1. The average Bonchev–Trinajstić information content (AvgIpc) is 2.55. The van der Waals surface area contributed by atoms with E-state index in [2.05, 4.69) is 0 Å².